The SMILES string of the molecule is CO/N=C\c1ccc(-c2ccc(C(=O)N3CCCC3CN3CCCC3C)cc2)s1. The maximum absolute atomic E-state index is 13.2. The second-order valence-electron chi connectivity index (χ2n) is 7.98. The lowest BCUT2D eigenvalue weighted by Crippen LogP contribution is -2.44. The van der Waals surface area contributed by atoms with Crippen molar-refractivity contribution in [2.75, 3.05) is 26.7 Å². The fourth-order valence-corrected chi connectivity index (χ4v) is 5.33. The quantitative estimate of drug-likeness (QED) is 0.520. The Hall–Kier alpha value is -2.18. The number of likely N-dealkylation sites (tertiary alicyclic amines) is 2. The highest BCUT2D eigenvalue weighted by Crippen LogP contribution is 2.29. The van der Waals surface area contributed by atoms with Gasteiger partial charge in [0.15, 0.2) is 0 Å². The van der Waals surface area contributed by atoms with Gasteiger partial charge in [-0.3, -0.25) is 9.69 Å². The molecule has 2 unspecified atom stereocenters. The number of thiophene rings is 1. The van der Waals surface area contributed by atoms with Gasteiger partial charge >= 0.3 is 0 Å². The van der Waals surface area contributed by atoms with Crippen molar-refractivity contribution in [2.24, 2.45) is 5.16 Å². The van der Waals surface area contributed by atoms with E-state index in [2.05, 4.69) is 27.9 Å². The Labute approximate surface area is 177 Å². The number of rotatable bonds is 6. The topological polar surface area (TPSA) is 45.1 Å². The average molecular weight is 412 g/mol. The second-order valence-corrected chi connectivity index (χ2v) is 9.09. The first-order chi connectivity index (χ1) is 14.2. The highest BCUT2D eigenvalue weighted by Gasteiger charge is 2.32. The van der Waals surface area contributed by atoms with Crippen LogP contribution in [0, 0.1) is 0 Å². The first-order valence-corrected chi connectivity index (χ1v) is 11.3. The lowest BCUT2D eigenvalue weighted by atomic mass is 10.1. The minimum atomic E-state index is 0.171. The number of amides is 1. The van der Waals surface area contributed by atoms with Crippen molar-refractivity contribution < 1.29 is 9.63 Å². The van der Waals surface area contributed by atoms with Gasteiger partial charge in [-0.25, -0.2) is 0 Å². The maximum atomic E-state index is 13.2. The van der Waals surface area contributed by atoms with Gasteiger partial charge in [0.1, 0.15) is 7.11 Å². The molecular formula is C23H29N3O2S. The average Bonchev–Trinajstić information content (AvgIpc) is 3.48. The van der Waals surface area contributed by atoms with Crippen molar-refractivity contribution in [3.63, 3.8) is 0 Å². The molecule has 0 spiro atoms. The highest BCUT2D eigenvalue weighted by atomic mass is 32.1. The zero-order valence-corrected chi connectivity index (χ0v) is 18.0. The van der Waals surface area contributed by atoms with Crippen LogP contribution >= 0.6 is 11.3 Å². The summed E-state index contributed by atoms with van der Waals surface area (Å²) >= 11 is 1.65. The molecule has 154 valence electrons. The molecule has 2 fully saturated rings. The summed E-state index contributed by atoms with van der Waals surface area (Å²) in [4.78, 5) is 24.8. The number of carbonyl (C=O) groups is 1. The van der Waals surface area contributed by atoms with Gasteiger partial charge in [-0.2, -0.15) is 0 Å². The van der Waals surface area contributed by atoms with E-state index in [0.29, 0.717) is 12.1 Å². The first kappa shape index (κ1) is 20.1. The van der Waals surface area contributed by atoms with Crippen LogP contribution in [0.4, 0.5) is 0 Å². The van der Waals surface area contributed by atoms with E-state index in [4.69, 9.17) is 4.84 Å². The van der Waals surface area contributed by atoms with Crippen molar-refractivity contribution in [2.45, 2.75) is 44.7 Å². The maximum Gasteiger partial charge on any atom is 0.254 e. The third-order valence-electron chi connectivity index (χ3n) is 6.10. The van der Waals surface area contributed by atoms with E-state index in [1.807, 2.05) is 30.3 Å². The van der Waals surface area contributed by atoms with E-state index >= 15 is 0 Å². The van der Waals surface area contributed by atoms with Crippen LogP contribution in [0.15, 0.2) is 41.6 Å². The molecule has 0 bridgehead atoms. The summed E-state index contributed by atoms with van der Waals surface area (Å²) in [7, 11) is 1.54. The molecule has 2 aliphatic rings. The standard InChI is InChI=1S/C23H29N3O2S/c1-17-5-3-13-25(17)16-20-6-4-14-26(20)23(27)19-9-7-18(8-10-19)22-12-11-21(29-22)15-24-28-2/h7-12,15,17,20H,3-6,13-14,16H2,1-2H3/b24-15-. The minimum absolute atomic E-state index is 0.171. The van der Waals surface area contributed by atoms with Gasteiger partial charge in [-0.05, 0) is 69.0 Å². The molecule has 29 heavy (non-hydrogen) atoms. The molecule has 0 aliphatic carbocycles. The molecule has 2 saturated heterocycles. The third kappa shape index (κ3) is 4.54. The molecule has 2 aromatic rings. The van der Waals surface area contributed by atoms with E-state index in [-0.39, 0.29) is 5.91 Å². The molecule has 1 amide bonds. The van der Waals surface area contributed by atoms with E-state index in [0.717, 1.165) is 46.8 Å². The molecule has 5 nitrogen and oxygen atoms in total. The Morgan fingerprint density at radius 3 is 2.69 bits per heavy atom. The van der Waals surface area contributed by atoms with Gasteiger partial charge in [0.2, 0.25) is 0 Å². The van der Waals surface area contributed by atoms with Crippen LogP contribution in [0.25, 0.3) is 10.4 Å². The normalized spacial score (nSPS) is 22.6. The van der Waals surface area contributed by atoms with Crippen molar-refractivity contribution >= 4 is 23.5 Å². The van der Waals surface area contributed by atoms with Crippen molar-refractivity contribution in [3.05, 3.63) is 46.8 Å². The van der Waals surface area contributed by atoms with E-state index in [1.165, 1.54) is 26.5 Å². The molecular weight excluding hydrogens is 382 g/mol. The monoisotopic (exact) mass is 411 g/mol. The Bertz CT molecular complexity index is 861. The highest BCUT2D eigenvalue weighted by molar-refractivity contribution is 7.17. The Morgan fingerprint density at radius 1 is 1.17 bits per heavy atom. The lowest BCUT2D eigenvalue weighted by Gasteiger charge is -2.30. The molecule has 1 aromatic heterocycles. The first-order valence-electron chi connectivity index (χ1n) is 10.5. The molecule has 3 heterocycles. The molecule has 0 radical (unpaired) electrons. The number of hydrogen-bond acceptors (Lipinski definition) is 5. The summed E-state index contributed by atoms with van der Waals surface area (Å²) in [5, 5.41) is 3.81. The smallest absolute Gasteiger partial charge is 0.254 e. The molecule has 1 aromatic carbocycles. The van der Waals surface area contributed by atoms with Gasteiger partial charge in [0.25, 0.3) is 5.91 Å². The van der Waals surface area contributed by atoms with E-state index < -0.39 is 0 Å². The number of benzene rings is 1. The molecule has 6 heteroatoms. The van der Waals surface area contributed by atoms with Gasteiger partial charge in [0, 0.05) is 40.5 Å². The Balaban J connectivity index is 1.43. The Morgan fingerprint density at radius 2 is 1.97 bits per heavy atom. The summed E-state index contributed by atoms with van der Waals surface area (Å²) in [6, 6.07) is 13.1. The predicted octanol–water partition coefficient (Wildman–Crippen LogP) is 4.48. The van der Waals surface area contributed by atoms with Crippen molar-refractivity contribution in [3.8, 4) is 10.4 Å². The summed E-state index contributed by atoms with van der Waals surface area (Å²) in [5.41, 5.74) is 1.90. The van der Waals surface area contributed by atoms with Crippen LogP contribution in [0.5, 0.6) is 0 Å². The molecule has 4 rings (SSSR count). The molecule has 2 aliphatic heterocycles. The number of oxime groups is 1. The summed E-state index contributed by atoms with van der Waals surface area (Å²) in [5.74, 6) is 0.171. The fraction of sp³-hybridized carbons (Fsp3) is 0.478. The second kappa shape index (κ2) is 9.09. The van der Waals surface area contributed by atoms with Crippen LogP contribution in [-0.4, -0.2) is 60.7 Å². The number of carbonyl (C=O) groups excluding carboxylic acids is 1. The largest absolute Gasteiger partial charge is 0.399 e. The summed E-state index contributed by atoms with van der Waals surface area (Å²) in [6.07, 6.45) is 6.50. The van der Waals surface area contributed by atoms with Gasteiger partial charge in [0.05, 0.1) is 6.21 Å². The van der Waals surface area contributed by atoms with Crippen LogP contribution in [-0.2, 0) is 4.84 Å². The summed E-state index contributed by atoms with van der Waals surface area (Å²) in [6.45, 7) is 5.38. The van der Waals surface area contributed by atoms with Crippen LogP contribution in [0.2, 0.25) is 0 Å². The zero-order chi connectivity index (χ0) is 20.2. The molecule has 0 N–H and O–H groups in total. The summed E-state index contributed by atoms with van der Waals surface area (Å²) < 4.78 is 0. The zero-order valence-electron chi connectivity index (χ0n) is 17.2. The van der Waals surface area contributed by atoms with Crippen LogP contribution < -0.4 is 0 Å². The van der Waals surface area contributed by atoms with Gasteiger partial charge in [-0.1, -0.05) is 17.3 Å². The van der Waals surface area contributed by atoms with Crippen molar-refractivity contribution in [1.29, 1.82) is 0 Å². The van der Waals surface area contributed by atoms with Crippen molar-refractivity contribution in [1.82, 2.24) is 9.80 Å². The molecule has 2 atom stereocenters. The number of hydrogen-bond donors (Lipinski definition) is 0. The Kier molecular flexibility index (Phi) is 6.31. The fourth-order valence-electron chi connectivity index (χ4n) is 4.45. The molecule has 0 saturated carbocycles. The predicted molar refractivity (Wildman–Crippen MR) is 119 cm³/mol. The third-order valence-corrected chi connectivity index (χ3v) is 7.17. The lowest BCUT2D eigenvalue weighted by molar-refractivity contribution is 0.0697. The minimum Gasteiger partial charge on any atom is -0.399 e. The number of nitrogens with zero attached hydrogens (tertiary/aromatic N) is 3. The van der Waals surface area contributed by atoms with Crippen LogP contribution in [0.3, 0.4) is 0 Å². The van der Waals surface area contributed by atoms with E-state index in [1.54, 1.807) is 17.6 Å². The van der Waals surface area contributed by atoms with E-state index in [9.17, 15) is 4.79 Å². The van der Waals surface area contributed by atoms with Crippen LogP contribution in [0.1, 0.15) is 47.8 Å². The van der Waals surface area contributed by atoms with Gasteiger partial charge < -0.3 is 9.74 Å². The van der Waals surface area contributed by atoms with Gasteiger partial charge in [-0.15, -0.1) is 11.3 Å².